The summed E-state index contributed by atoms with van der Waals surface area (Å²) in [5.41, 5.74) is 2.61. The van der Waals surface area contributed by atoms with Crippen molar-refractivity contribution in [3.8, 4) is 11.5 Å². The minimum absolute atomic E-state index is 0.00586. The fraction of sp³-hybridized carbons (Fsp3) is 0.0968. The molecular weight excluding hydrogens is 572 g/mol. The Bertz CT molecular complexity index is 1980. The van der Waals surface area contributed by atoms with E-state index in [-0.39, 0.29) is 45.4 Å². The Morgan fingerprint density at radius 2 is 1.28 bits per heavy atom. The van der Waals surface area contributed by atoms with E-state index in [1.807, 2.05) is 42.5 Å². The molecule has 5 aromatic rings. The van der Waals surface area contributed by atoms with Gasteiger partial charge in [-0.05, 0) is 52.8 Å². The van der Waals surface area contributed by atoms with Gasteiger partial charge in [-0.15, -0.1) is 15.3 Å². The van der Waals surface area contributed by atoms with E-state index in [0.29, 0.717) is 5.39 Å². The molecule has 5 rings (SSSR count). The summed E-state index contributed by atoms with van der Waals surface area (Å²) >= 11 is 0. The molecule has 0 bridgehead atoms. The van der Waals surface area contributed by atoms with Crippen LogP contribution in [0, 0.1) is 0 Å². The van der Waals surface area contributed by atoms with Crippen molar-refractivity contribution >= 4 is 43.6 Å². The van der Waals surface area contributed by atoms with Crippen LogP contribution < -0.4 is 0 Å². The molecule has 0 aliphatic rings. The first-order valence-corrected chi connectivity index (χ1v) is 14.4. The van der Waals surface area contributed by atoms with Crippen LogP contribution in [0.1, 0.15) is 22.3 Å². The number of phenols is 2. The Kier molecular flexibility index (Phi) is 8.55. The van der Waals surface area contributed by atoms with Gasteiger partial charge in [0.25, 0.3) is 10.1 Å². The molecule has 0 amide bonds. The number of aliphatic hydroxyl groups is 2. The third kappa shape index (κ3) is 6.74. The van der Waals surface area contributed by atoms with Crippen LogP contribution in [0.5, 0.6) is 11.5 Å². The fourth-order valence-corrected chi connectivity index (χ4v) is 5.12. The maximum Gasteiger partial charge on any atom is 0.296 e. The van der Waals surface area contributed by atoms with Crippen LogP contribution in [-0.2, 0) is 29.8 Å². The predicted octanol–water partition coefficient (Wildman–Crippen LogP) is 6.90. The number of hydrogen-bond donors (Lipinski definition) is 5. The quantitative estimate of drug-likeness (QED) is 0.0901. The lowest BCUT2D eigenvalue weighted by Gasteiger charge is -2.08. The van der Waals surface area contributed by atoms with E-state index in [1.54, 1.807) is 6.07 Å². The number of aromatic hydroxyl groups is 2. The maximum atomic E-state index is 11.8. The number of fused-ring (bicyclic) bond motifs is 1. The third-order valence-corrected chi connectivity index (χ3v) is 7.53. The van der Waals surface area contributed by atoms with Crippen molar-refractivity contribution in [3.05, 3.63) is 113 Å². The molecule has 12 heteroatoms. The fourth-order valence-electron chi connectivity index (χ4n) is 4.44. The summed E-state index contributed by atoms with van der Waals surface area (Å²) in [7, 11) is -4.68. The van der Waals surface area contributed by atoms with Crippen molar-refractivity contribution in [2.24, 2.45) is 20.5 Å². The zero-order chi connectivity index (χ0) is 30.6. The largest absolute Gasteiger partial charge is 0.506 e. The van der Waals surface area contributed by atoms with E-state index in [1.165, 1.54) is 23.8 Å². The van der Waals surface area contributed by atoms with Gasteiger partial charge in [-0.2, -0.15) is 13.5 Å². The topological polar surface area (TPSA) is 185 Å². The summed E-state index contributed by atoms with van der Waals surface area (Å²) in [6.45, 7) is -0.983. The molecule has 0 saturated carbocycles. The monoisotopic (exact) mass is 598 g/mol. The van der Waals surface area contributed by atoms with Crippen molar-refractivity contribution in [1.82, 2.24) is 0 Å². The summed E-state index contributed by atoms with van der Waals surface area (Å²) in [4.78, 5) is -0.564. The van der Waals surface area contributed by atoms with Gasteiger partial charge in [0.05, 0.1) is 18.9 Å². The van der Waals surface area contributed by atoms with Gasteiger partial charge >= 0.3 is 0 Å². The Morgan fingerprint density at radius 3 is 2.00 bits per heavy atom. The molecule has 0 fully saturated rings. The van der Waals surface area contributed by atoms with Gasteiger partial charge in [0.15, 0.2) is 5.75 Å². The van der Waals surface area contributed by atoms with Crippen molar-refractivity contribution in [3.63, 3.8) is 0 Å². The molecule has 0 aliphatic carbocycles. The molecular formula is C31H26N4O7S. The van der Waals surface area contributed by atoms with E-state index < -0.39 is 28.2 Å². The molecule has 0 aliphatic heterocycles. The van der Waals surface area contributed by atoms with E-state index in [0.717, 1.165) is 29.5 Å². The minimum atomic E-state index is -4.68. The summed E-state index contributed by atoms with van der Waals surface area (Å²) in [6.07, 6.45) is 0.749. The third-order valence-electron chi connectivity index (χ3n) is 6.65. The van der Waals surface area contributed by atoms with Crippen molar-refractivity contribution in [2.45, 2.75) is 24.5 Å². The van der Waals surface area contributed by atoms with E-state index in [4.69, 9.17) is 0 Å². The summed E-state index contributed by atoms with van der Waals surface area (Å²) in [5, 5.41) is 57.9. The van der Waals surface area contributed by atoms with Crippen LogP contribution in [0.15, 0.2) is 116 Å². The van der Waals surface area contributed by atoms with E-state index >= 15 is 0 Å². The number of benzene rings is 5. The molecule has 0 radical (unpaired) electrons. The Hall–Kier alpha value is -5.01. The molecule has 0 spiro atoms. The second kappa shape index (κ2) is 12.5. The highest BCUT2D eigenvalue weighted by atomic mass is 32.2. The summed E-state index contributed by atoms with van der Waals surface area (Å²) < 4.78 is 33.1. The highest BCUT2D eigenvalue weighted by Crippen LogP contribution is 2.39. The van der Waals surface area contributed by atoms with Gasteiger partial charge in [0.1, 0.15) is 27.7 Å². The second-order valence-electron chi connectivity index (χ2n) is 9.61. The summed E-state index contributed by atoms with van der Waals surface area (Å²) in [6, 6.07) is 25.4. The molecule has 11 nitrogen and oxygen atoms in total. The van der Waals surface area contributed by atoms with Crippen molar-refractivity contribution in [1.29, 1.82) is 0 Å². The van der Waals surface area contributed by atoms with Gasteiger partial charge in [-0.25, -0.2) is 0 Å². The lowest BCUT2D eigenvalue weighted by atomic mass is 10.0. The molecule has 218 valence electrons. The Labute approximate surface area is 246 Å². The van der Waals surface area contributed by atoms with Crippen LogP contribution >= 0.6 is 0 Å². The molecule has 5 N–H and O–H groups in total. The molecule has 0 saturated heterocycles. The van der Waals surface area contributed by atoms with Crippen molar-refractivity contribution in [2.75, 3.05) is 0 Å². The summed E-state index contributed by atoms with van der Waals surface area (Å²) in [5.74, 6) is -0.451. The zero-order valence-corrected chi connectivity index (χ0v) is 23.3. The molecule has 0 atom stereocenters. The van der Waals surface area contributed by atoms with Crippen molar-refractivity contribution < 1.29 is 33.4 Å². The second-order valence-corrected chi connectivity index (χ2v) is 11.0. The first-order valence-electron chi connectivity index (χ1n) is 13.0. The zero-order valence-electron chi connectivity index (χ0n) is 22.5. The Morgan fingerprint density at radius 1 is 0.605 bits per heavy atom. The number of hydrogen-bond acceptors (Lipinski definition) is 10. The molecule has 5 aromatic carbocycles. The molecule has 43 heavy (non-hydrogen) atoms. The number of nitrogens with zero attached hydrogens (tertiary/aromatic N) is 4. The van der Waals surface area contributed by atoms with Gasteiger partial charge in [-0.3, -0.25) is 4.55 Å². The normalized spacial score (nSPS) is 12.1. The first-order chi connectivity index (χ1) is 20.7. The SMILES string of the molecule is O=S(=O)(O)c1cc(CO)ccc1N=Nc1cc(O)c(N=Nc2ccc3cc(Cc4ccccc4)ccc3c2O)cc1CO. The van der Waals surface area contributed by atoms with Gasteiger partial charge in [0, 0.05) is 17.0 Å². The van der Waals surface area contributed by atoms with Gasteiger partial charge in [-0.1, -0.05) is 60.7 Å². The highest BCUT2D eigenvalue weighted by Gasteiger charge is 2.17. The predicted molar refractivity (Wildman–Crippen MR) is 159 cm³/mol. The maximum absolute atomic E-state index is 11.8. The van der Waals surface area contributed by atoms with Crippen LogP contribution in [-0.4, -0.2) is 33.4 Å². The van der Waals surface area contributed by atoms with E-state index in [9.17, 15) is 33.4 Å². The first kappa shape index (κ1) is 29.5. The van der Waals surface area contributed by atoms with Crippen LogP contribution in [0.2, 0.25) is 0 Å². The van der Waals surface area contributed by atoms with Gasteiger partial charge < -0.3 is 20.4 Å². The van der Waals surface area contributed by atoms with Crippen LogP contribution in [0.25, 0.3) is 10.8 Å². The number of phenolic OH excluding ortho intramolecular Hbond substituents is 2. The molecule has 0 aromatic heterocycles. The van der Waals surface area contributed by atoms with Crippen LogP contribution in [0.4, 0.5) is 22.7 Å². The average molecular weight is 599 g/mol. The lowest BCUT2D eigenvalue weighted by Crippen LogP contribution is -1.99. The molecule has 0 unspecified atom stereocenters. The average Bonchev–Trinajstić information content (AvgIpc) is 3.00. The molecule has 0 heterocycles. The van der Waals surface area contributed by atoms with Crippen LogP contribution in [0.3, 0.4) is 0 Å². The smallest absolute Gasteiger partial charge is 0.296 e. The number of rotatable bonds is 9. The Balaban J connectivity index is 1.41. The standard InChI is InChI=1S/C31H26N4O7S/c36-17-21-7-10-25(30(14-21)43(40,41)42)32-34-27-16-29(38)28(15-23(27)18-37)35-33-26-11-8-22-13-20(6-9-24(22)31(26)39)12-19-4-2-1-3-5-19/h1-11,13-16,36-39H,12,17-18H2,(H,40,41,42). The number of azo groups is 2. The minimum Gasteiger partial charge on any atom is -0.506 e. The lowest BCUT2D eigenvalue weighted by molar-refractivity contribution is 0.281. The highest BCUT2D eigenvalue weighted by molar-refractivity contribution is 7.86. The van der Waals surface area contributed by atoms with Gasteiger partial charge in [0.2, 0.25) is 0 Å². The number of aliphatic hydroxyl groups excluding tert-OH is 2. The van der Waals surface area contributed by atoms with E-state index in [2.05, 4.69) is 32.6 Å².